The van der Waals surface area contributed by atoms with Gasteiger partial charge >= 0.3 is 5.97 Å². The summed E-state index contributed by atoms with van der Waals surface area (Å²) in [6.07, 6.45) is 1.69. The van der Waals surface area contributed by atoms with Crippen LogP contribution in [0.5, 0.6) is 5.75 Å². The number of carbonyl (C=O) groups excluding carboxylic acids is 1. The van der Waals surface area contributed by atoms with Crippen molar-refractivity contribution in [2.75, 3.05) is 0 Å². The van der Waals surface area contributed by atoms with Crippen LogP contribution < -0.4 is 14.8 Å². The van der Waals surface area contributed by atoms with Crippen LogP contribution in [0.1, 0.15) is 12.5 Å². The fraction of sp³-hybridized carbons (Fsp3) is 0.0526. The summed E-state index contributed by atoms with van der Waals surface area (Å²) >= 11 is 1.16. The highest BCUT2D eigenvalue weighted by atomic mass is 32.1. The molecular weight excluding hydrogens is 396 g/mol. The van der Waals surface area contributed by atoms with E-state index in [1.165, 1.54) is 23.6 Å². The van der Waals surface area contributed by atoms with E-state index in [2.05, 4.69) is 10.1 Å². The summed E-state index contributed by atoms with van der Waals surface area (Å²) in [6.45, 7) is 1.32. The Morgan fingerprint density at radius 2 is 2.00 bits per heavy atom. The van der Waals surface area contributed by atoms with Crippen LogP contribution in [0, 0.1) is 10.1 Å². The number of thiazole rings is 1. The first-order valence-corrected chi connectivity index (χ1v) is 9.17. The third-order valence-electron chi connectivity index (χ3n) is 3.94. The summed E-state index contributed by atoms with van der Waals surface area (Å²) < 4.78 is 6.59. The lowest BCUT2D eigenvalue weighted by Crippen LogP contribution is -2.23. The Morgan fingerprint density at radius 1 is 1.24 bits per heavy atom. The van der Waals surface area contributed by atoms with E-state index in [0.717, 1.165) is 16.9 Å². The second kappa shape index (κ2) is 7.24. The van der Waals surface area contributed by atoms with Gasteiger partial charge in [-0.2, -0.15) is 9.50 Å². The maximum Gasteiger partial charge on any atom is 0.308 e. The molecule has 0 radical (unpaired) electrons. The lowest BCUT2D eigenvalue weighted by molar-refractivity contribution is -0.384. The minimum Gasteiger partial charge on any atom is -0.427 e. The summed E-state index contributed by atoms with van der Waals surface area (Å²) in [5.74, 6) is 0.254. The molecule has 0 saturated heterocycles. The van der Waals surface area contributed by atoms with Crippen LogP contribution >= 0.6 is 11.3 Å². The molecule has 0 amide bonds. The van der Waals surface area contributed by atoms with Crippen LogP contribution in [0.2, 0.25) is 0 Å². The Labute approximate surface area is 166 Å². The van der Waals surface area contributed by atoms with Gasteiger partial charge in [0.1, 0.15) is 5.75 Å². The Bertz CT molecular complexity index is 1360. The molecule has 0 aliphatic rings. The highest BCUT2D eigenvalue weighted by Crippen LogP contribution is 2.21. The second-order valence-corrected chi connectivity index (χ2v) is 7.02. The van der Waals surface area contributed by atoms with Crippen LogP contribution in [-0.4, -0.2) is 25.5 Å². The third kappa shape index (κ3) is 3.73. The summed E-state index contributed by atoms with van der Waals surface area (Å²) in [5.41, 5.74) is 0.801. The molecule has 4 aromatic rings. The number of benzene rings is 2. The molecule has 4 rings (SSSR count). The lowest BCUT2D eigenvalue weighted by Gasteiger charge is -2.00. The largest absolute Gasteiger partial charge is 0.427 e. The Morgan fingerprint density at radius 3 is 2.66 bits per heavy atom. The molecule has 29 heavy (non-hydrogen) atoms. The van der Waals surface area contributed by atoms with Crippen molar-refractivity contribution in [3.05, 3.63) is 79.1 Å². The third-order valence-corrected chi connectivity index (χ3v) is 4.90. The molecule has 0 bridgehead atoms. The zero-order valence-electron chi connectivity index (χ0n) is 14.9. The first kappa shape index (κ1) is 18.4. The number of hydrogen-bond acceptors (Lipinski definition) is 8. The Hall–Kier alpha value is -3.92. The van der Waals surface area contributed by atoms with Crippen molar-refractivity contribution < 1.29 is 14.5 Å². The SMILES string of the molecule is CC(=O)Oc1ccc(C=c2sc3nc(-c4cccc([N+](=O)[O-])c4)nn3c2=O)cc1. The number of nitrogens with zero attached hydrogens (tertiary/aromatic N) is 4. The van der Waals surface area contributed by atoms with Crippen molar-refractivity contribution in [1.29, 1.82) is 0 Å². The van der Waals surface area contributed by atoms with Gasteiger partial charge in [-0.05, 0) is 23.8 Å². The van der Waals surface area contributed by atoms with Crippen LogP contribution in [0.3, 0.4) is 0 Å². The molecule has 2 heterocycles. The van der Waals surface area contributed by atoms with Gasteiger partial charge in [0.05, 0.1) is 9.46 Å². The maximum atomic E-state index is 12.6. The van der Waals surface area contributed by atoms with Crippen LogP contribution in [0.25, 0.3) is 22.4 Å². The topological polar surface area (TPSA) is 117 Å². The van der Waals surface area contributed by atoms with Crippen molar-refractivity contribution >= 4 is 34.0 Å². The van der Waals surface area contributed by atoms with Gasteiger partial charge in [-0.15, -0.1) is 5.10 Å². The van der Waals surface area contributed by atoms with Gasteiger partial charge in [0.2, 0.25) is 4.96 Å². The molecule has 0 aliphatic heterocycles. The number of aromatic nitrogens is 3. The summed E-state index contributed by atoms with van der Waals surface area (Å²) in [6, 6.07) is 12.6. The molecule has 10 heteroatoms. The number of esters is 1. The maximum absolute atomic E-state index is 12.6. The van der Waals surface area contributed by atoms with Gasteiger partial charge in [0.25, 0.3) is 11.2 Å². The normalized spacial score (nSPS) is 11.7. The molecule has 0 spiro atoms. The number of fused-ring (bicyclic) bond motifs is 1. The second-order valence-electron chi connectivity index (χ2n) is 6.02. The van der Waals surface area contributed by atoms with Gasteiger partial charge in [-0.25, -0.2) is 0 Å². The van der Waals surface area contributed by atoms with E-state index in [1.54, 1.807) is 42.5 Å². The molecule has 2 aromatic carbocycles. The minimum atomic E-state index is -0.499. The highest BCUT2D eigenvalue weighted by molar-refractivity contribution is 7.15. The van der Waals surface area contributed by atoms with Crippen molar-refractivity contribution in [2.24, 2.45) is 0 Å². The highest BCUT2D eigenvalue weighted by Gasteiger charge is 2.14. The van der Waals surface area contributed by atoms with E-state index in [-0.39, 0.29) is 17.1 Å². The van der Waals surface area contributed by atoms with E-state index in [1.807, 2.05) is 0 Å². The van der Waals surface area contributed by atoms with E-state index < -0.39 is 10.9 Å². The molecule has 0 aliphatic carbocycles. The molecule has 0 fully saturated rings. The van der Waals surface area contributed by atoms with Crippen molar-refractivity contribution in [2.45, 2.75) is 6.92 Å². The number of hydrogen-bond donors (Lipinski definition) is 0. The van der Waals surface area contributed by atoms with Gasteiger partial charge < -0.3 is 4.74 Å². The van der Waals surface area contributed by atoms with Gasteiger partial charge in [-0.3, -0.25) is 19.7 Å². The standard InChI is InChI=1S/C19H12N4O5S/c1-11(24)28-15-7-5-12(6-8-15)9-16-18(25)22-19(29-16)20-17(21-22)13-3-2-4-14(10-13)23(26)27/h2-10H,1H3. The molecule has 0 unspecified atom stereocenters. The summed E-state index contributed by atoms with van der Waals surface area (Å²) in [7, 11) is 0. The zero-order valence-corrected chi connectivity index (χ0v) is 15.8. The molecule has 9 nitrogen and oxygen atoms in total. The number of carbonyl (C=O) groups is 1. The molecule has 0 saturated carbocycles. The quantitative estimate of drug-likeness (QED) is 0.220. The molecule has 0 N–H and O–H groups in total. The first-order chi connectivity index (χ1) is 13.9. The van der Waals surface area contributed by atoms with Crippen molar-refractivity contribution in [3.8, 4) is 17.1 Å². The van der Waals surface area contributed by atoms with E-state index in [0.29, 0.717) is 20.8 Å². The van der Waals surface area contributed by atoms with E-state index in [4.69, 9.17) is 4.74 Å². The van der Waals surface area contributed by atoms with E-state index in [9.17, 15) is 19.7 Å². The lowest BCUT2D eigenvalue weighted by atomic mass is 10.2. The number of ether oxygens (including phenoxy) is 1. The van der Waals surface area contributed by atoms with Gasteiger partial charge in [0.15, 0.2) is 5.82 Å². The number of non-ortho nitro benzene ring substituents is 1. The molecule has 144 valence electrons. The number of rotatable bonds is 4. The Kier molecular flexibility index (Phi) is 4.61. The predicted octanol–water partition coefficient (Wildman–Crippen LogP) is 2.20. The zero-order chi connectivity index (χ0) is 20.5. The fourth-order valence-corrected chi connectivity index (χ4v) is 3.57. The molecule has 2 aromatic heterocycles. The fourth-order valence-electron chi connectivity index (χ4n) is 2.66. The predicted molar refractivity (Wildman–Crippen MR) is 106 cm³/mol. The van der Waals surface area contributed by atoms with Gasteiger partial charge in [-0.1, -0.05) is 35.6 Å². The minimum absolute atomic E-state index is 0.0748. The first-order valence-electron chi connectivity index (χ1n) is 8.35. The van der Waals surface area contributed by atoms with Crippen molar-refractivity contribution in [1.82, 2.24) is 14.6 Å². The van der Waals surface area contributed by atoms with Gasteiger partial charge in [0, 0.05) is 24.6 Å². The smallest absolute Gasteiger partial charge is 0.308 e. The average Bonchev–Trinajstić information content (AvgIpc) is 3.23. The monoisotopic (exact) mass is 408 g/mol. The van der Waals surface area contributed by atoms with E-state index >= 15 is 0 Å². The van der Waals surface area contributed by atoms with Crippen LogP contribution in [0.15, 0.2) is 53.3 Å². The number of nitro groups is 1. The average molecular weight is 408 g/mol. The molecular formula is C19H12N4O5S. The Balaban J connectivity index is 1.69. The van der Waals surface area contributed by atoms with Crippen molar-refractivity contribution in [3.63, 3.8) is 0 Å². The van der Waals surface area contributed by atoms with Crippen LogP contribution in [0.4, 0.5) is 5.69 Å². The van der Waals surface area contributed by atoms with Crippen LogP contribution in [-0.2, 0) is 4.79 Å². The summed E-state index contributed by atoms with van der Waals surface area (Å²) in [5, 5.41) is 15.1. The number of nitro benzene ring substituents is 1. The molecule has 0 atom stereocenters. The summed E-state index contributed by atoms with van der Waals surface area (Å²) in [4.78, 5) is 38.7.